The van der Waals surface area contributed by atoms with Crippen LogP contribution < -0.4 is 22.9 Å². The van der Waals surface area contributed by atoms with E-state index in [1.807, 2.05) is 63.8 Å². The lowest BCUT2D eigenvalue weighted by Crippen LogP contribution is -2.49. The molecule has 2 aliphatic carbocycles. The molecule has 12 aliphatic heterocycles. The molecule has 0 bridgehead atoms. The number of carbonyl (C=O) groups is 4. The zero-order valence-electron chi connectivity index (χ0n) is 66.4. The summed E-state index contributed by atoms with van der Waals surface area (Å²) in [6.07, 6.45) is 6.63. The van der Waals surface area contributed by atoms with Gasteiger partial charge < -0.3 is 61.5 Å². The molecule has 0 radical (unpaired) electrons. The van der Waals surface area contributed by atoms with Crippen LogP contribution in [0, 0.1) is 64.3 Å². The average Bonchev–Trinajstić information content (AvgIpc) is 1.63. The van der Waals surface area contributed by atoms with Crippen LogP contribution in [-0.4, -0.2) is 242 Å². The molecule has 14 aliphatic rings. The van der Waals surface area contributed by atoms with Gasteiger partial charge in [0.15, 0.2) is 0 Å². The minimum atomic E-state index is -0.645. The molecule has 12 heterocycles. The normalized spacial score (nSPS) is 28.9. The number of hydrogen-bond donors (Lipinski definition) is 4. The van der Waals surface area contributed by atoms with Crippen molar-refractivity contribution in [3.8, 4) is 0 Å². The van der Waals surface area contributed by atoms with E-state index >= 15 is 0 Å². The van der Waals surface area contributed by atoms with Crippen LogP contribution in [0.2, 0.25) is 0 Å². The van der Waals surface area contributed by atoms with E-state index in [9.17, 15) is 54.3 Å². The van der Waals surface area contributed by atoms with Crippen molar-refractivity contribution in [2.24, 2.45) is 40.7 Å². The Bertz CT molecular complexity index is 4500. The number of rotatable bonds is 12. The molecular formula is C89H106F8N12O8. The second kappa shape index (κ2) is 35.3. The Balaban J connectivity index is 0.000000117. The fraction of sp³-hybridized carbons (Fsp3) is 0.528. The largest absolute Gasteiger partial charge is 0.370 e. The number of nitrogens with two attached hydrogens (primary N) is 4. The highest BCUT2D eigenvalue weighted by Gasteiger charge is 2.47. The molecule has 12 atom stereocenters. The van der Waals surface area contributed by atoms with Crippen LogP contribution in [0.25, 0.3) is 0 Å². The molecule has 4 amide bonds. The van der Waals surface area contributed by atoms with Gasteiger partial charge in [-0.1, -0.05) is 44.9 Å². The second-order valence-electron chi connectivity index (χ2n) is 34.9. The van der Waals surface area contributed by atoms with Gasteiger partial charge in [0.05, 0.1) is 26.4 Å². The number of carbonyl (C=O) groups excluding carboxylic acids is 4. The van der Waals surface area contributed by atoms with Crippen LogP contribution in [0.1, 0.15) is 135 Å². The van der Waals surface area contributed by atoms with Crippen molar-refractivity contribution in [3.63, 3.8) is 0 Å². The van der Waals surface area contributed by atoms with Crippen LogP contribution in [-0.2, 0) is 33.3 Å². The monoisotopic (exact) mass is 1620 g/mol. The Hall–Kier alpha value is -8.10. The van der Waals surface area contributed by atoms with Gasteiger partial charge in [-0.15, -0.1) is 0 Å². The van der Waals surface area contributed by atoms with E-state index in [0.717, 1.165) is 153 Å². The third kappa shape index (κ3) is 18.2. The Morgan fingerprint density at radius 2 is 0.607 bits per heavy atom. The molecule has 4 saturated heterocycles. The summed E-state index contributed by atoms with van der Waals surface area (Å²) >= 11 is 0. The SMILES string of the molecule is CC(C)C(=O)N1CC2=C(C1)CN([C@H]1CO[C@H](c3cc(F)ccc3F)[C@@H](N)C1)C2.N[C@H]1C[C@@H](N2CC3=C(CN(C(=O)C4CC4)C3)C2)CO[C@@H]1c1cc(F)ccc1F.N[C@H]1C[C@@H](N2CC3=C(CN(C(=O)C4CCCC4)C3)C2)CO[C@@H]1c1cc(F)ccc1F.N[C@H]1C[C@@H](N2CC3=C(CN(C(=O)c4ccccc4)C3)C2)CO[C@@H]1c1cc(F)ccc1F. The minimum Gasteiger partial charge on any atom is -0.370 e. The molecule has 5 aromatic carbocycles. The molecule has 28 heteroatoms. The highest BCUT2D eigenvalue weighted by molar-refractivity contribution is 5.95. The molecule has 0 aromatic heterocycles. The average molecular weight is 1620 g/mol. The molecule has 2 saturated carbocycles. The predicted molar refractivity (Wildman–Crippen MR) is 422 cm³/mol. The van der Waals surface area contributed by atoms with E-state index in [1.165, 1.54) is 81.7 Å². The molecule has 20 nitrogen and oxygen atoms in total. The van der Waals surface area contributed by atoms with Crippen molar-refractivity contribution in [2.75, 3.05) is 131 Å². The maximum absolute atomic E-state index is 14.2. The number of halogens is 8. The van der Waals surface area contributed by atoms with Gasteiger partial charge >= 0.3 is 0 Å². The van der Waals surface area contributed by atoms with E-state index in [-0.39, 0.29) is 76.0 Å². The summed E-state index contributed by atoms with van der Waals surface area (Å²) in [7, 11) is 0. The highest BCUT2D eigenvalue weighted by Crippen LogP contribution is 2.42. The fourth-order valence-electron chi connectivity index (χ4n) is 19.8. The lowest BCUT2D eigenvalue weighted by atomic mass is 9.93. The molecule has 626 valence electrons. The lowest BCUT2D eigenvalue weighted by Gasteiger charge is -2.39. The molecule has 19 rings (SSSR count). The summed E-state index contributed by atoms with van der Waals surface area (Å²) in [5.41, 5.74) is 37.3. The number of ether oxygens (including phenoxy) is 4. The number of amides is 4. The molecule has 6 fully saturated rings. The quantitative estimate of drug-likeness (QED) is 0.0672. The third-order valence-electron chi connectivity index (χ3n) is 26.3. The molecule has 0 unspecified atom stereocenters. The van der Waals surface area contributed by atoms with Crippen LogP contribution in [0.4, 0.5) is 35.1 Å². The minimum absolute atomic E-state index is 0.0148. The van der Waals surface area contributed by atoms with E-state index in [4.69, 9.17) is 41.9 Å². The van der Waals surface area contributed by atoms with Crippen molar-refractivity contribution in [2.45, 2.75) is 151 Å². The van der Waals surface area contributed by atoms with Gasteiger partial charge in [-0.2, -0.15) is 0 Å². The van der Waals surface area contributed by atoms with Crippen molar-refractivity contribution >= 4 is 23.6 Å². The smallest absolute Gasteiger partial charge is 0.254 e. The van der Waals surface area contributed by atoms with Crippen LogP contribution >= 0.6 is 0 Å². The first-order chi connectivity index (χ1) is 56.3. The van der Waals surface area contributed by atoms with Gasteiger partial charge in [0.2, 0.25) is 17.7 Å². The second-order valence-corrected chi connectivity index (χ2v) is 34.9. The standard InChI is InChI=1S/C24H25F2N3O2.C23H29F2N3O2.C21H25F2N3O2.C21H27F2N3O2/c25-18-6-7-21(26)20(8-18)23-22(27)9-19(14-31-23)28-10-16-12-29(13-17(16)11-28)24(30)15-4-2-1-3-5-15;24-17-5-6-20(25)19(7-17)22-21(26)8-18(13-30-22)27-9-15-11-28(12-16(15)10-27)23(29)14-3-1-2-4-14;22-15-3-4-18(23)17(5-15)20-19(24)6-16(11-28-20)25-7-13-9-26(10-14(13)8-25)21(27)12-1-2-12;1-12(2)21(27)26-9-13-7-25(8-14(13)10-26)16-6-19(24)20(28-11-16)17-5-15(22)3-4-18(17)23/h1-8,19,22-23H,9-14,27H2;5-7,14,18,21-22H,1-4,8-13,26H2;3-5,12,16,19-20H,1-2,6-11,24H2;3-5,12,16,19-20H,6-11,24H2,1-2H3/t19-,22+,23-;18-,21+,22-;2*16-,19+,20-/m1111/s1. The topological polar surface area (TPSA) is 235 Å². The van der Waals surface area contributed by atoms with Crippen molar-refractivity contribution in [3.05, 3.63) is 222 Å². The zero-order valence-corrected chi connectivity index (χ0v) is 66.4. The van der Waals surface area contributed by atoms with E-state index < -0.39 is 95.1 Å². The zero-order chi connectivity index (χ0) is 81.8. The highest BCUT2D eigenvalue weighted by atomic mass is 19.2. The van der Waals surface area contributed by atoms with Crippen LogP contribution in [0.3, 0.4) is 0 Å². The van der Waals surface area contributed by atoms with Crippen molar-refractivity contribution < 1.29 is 73.2 Å². The van der Waals surface area contributed by atoms with E-state index in [1.54, 1.807) is 0 Å². The first-order valence-corrected chi connectivity index (χ1v) is 41.6. The number of benzene rings is 5. The first-order valence-electron chi connectivity index (χ1n) is 41.6. The van der Waals surface area contributed by atoms with Gasteiger partial charge in [-0.25, -0.2) is 35.1 Å². The maximum atomic E-state index is 14.2. The molecule has 8 N–H and O–H groups in total. The van der Waals surface area contributed by atoms with Gasteiger partial charge in [-0.05, 0) is 181 Å². The number of hydrogen-bond acceptors (Lipinski definition) is 16. The van der Waals surface area contributed by atoms with E-state index in [2.05, 4.69) is 19.6 Å². The lowest BCUT2D eigenvalue weighted by molar-refractivity contribution is -0.134. The van der Waals surface area contributed by atoms with E-state index in [0.29, 0.717) is 95.7 Å². The summed E-state index contributed by atoms with van der Waals surface area (Å²) in [4.78, 5) is 67.1. The predicted octanol–water partition coefficient (Wildman–Crippen LogP) is 9.88. The van der Waals surface area contributed by atoms with Gasteiger partial charge in [0.1, 0.15) is 71.0 Å². The Morgan fingerprint density at radius 1 is 0.342 bits per heavy atom. The molecule has 117 heavy (non-hydrogen) atoms. The first kappa shape index (κ1) is 82.6. The summed E-state index contributed by atoms with van der Waals surface area (Å²) in [5, 5.41) is 0. The Kier molecular flexibility index (Phi) is 24.9. The Morgan fingerprint density at radius 3 is 0.872 bits per heavy atom. The van der Waals surface area contributed by atoms with Crippen LogP contribution in [0.15, 0.2) is 148 Å². The molecule has 0 spiro atoms. The van der Waals surface area contributed by atoms with Gasteiger partial charge in [-0.3, -0.25) is 38.8 Å². The van der Waals surface area contributed by atoms with Crippen LogP contribution in [0.5, 0.6) is 0 Å². The third-order valence-corrected chi connectivity index (χ3v) is 26.3. The summed E-state index contributed by atoms with van der Waals surface area (Å²) in [6.45, 7) is 17.9. The fourth-order valence-corrected chi connectivity index (χ4v) is 19.8. The summed E-state index contributed by atoms with van der Waals surface area (Å²) in [6, 6.07) is 21.9. The Labute approximate surface area is 677 Å². The van der Waals surface area contributed by atoms with Gasteiger partial charge in [0.25, 0.3) is 5.91 Å². The van der Waals surface area contributed by atoms with Crippen molar-refractivity contribution in [1.82, 2.24) is 39.2 Å². The molecular weight excluding hydrogens is 1520 g/mol. The number of nitrogens with zero attached hydrogens (tertiary/aromatic N) is 8. The summed E-state index contributed by atoms with van der Waals surface area (Å²) in [5.74, 6) is -2.50. The molecule has 5 aromatic rings. The van der Waals surface area contributed by atoms with Crippen molar-refractivity contribution in [1.29, 1.82) is 0 Å². The maximum Gasteiger partial charge on any atom is 0.254 e. The van der Waals surface area contributed by atoms with Gasteiger partial charge in [0, 0.05) is 199 Å². The summed E-state index contributed by atoms with van der Waals surface area (Å²) < 4.78 is 134.